The van der Waals surface area contributed by atoms with Gasteiger partial charge in [-0.2, -0.15) is 4.98 Å². The minimum absolute atomic E-state index is 0.324. The Labute approximate surface area is 113 Å². The van der Waals surface area contributed by atoms with Gasteiger partial charge in [0, 0.05) is 6.54 Å². The van der Waals surface area contributed by atoms with Crippen LogP contribution < -0.4 is 10.1 Å². The zero-order chi connectivity index (χ0) is 13.7. The molecule has 1 heterocycles. The first kappa shape index (κ1) is 13.5. The van der Waals surface area contributed by atoms with Crippen molar-refractivity contribution in [2.45, 2.75) is 33.9 Å². The molecule has 0 aliphatic heterocycles. The molecule has 102 valence electrons. The molecule has 0 spiro atoms. The van der Waals surface area contributed by atoms with Crippen molar-refractivity contribution in [1.29, 1.82) is 0 Å². The maximum absolute atomic E-state index is 5.77. The highest BCUT2D eigenvalue weighted by Gasteiger charge is 2.08. The van der Waals surface area contributed by atoms with Crippen molar-refractivity contribution in [2.24, 2.45) is 0 Å². The molecule has 1 aromatic heterocycles. The van der Waals surface area contributed by atoms with Crippen molar-refractivity contribution >= 4 is 0 Å². The summed E-state index contributed by atoms with van der Waals surface area (Å²) in [4.78, 5) is 3.94. The summed E-state index contributed by atoms with van der Waals surface area (Å²) in [5.41, 5.74) is 3.51. The van der Waals surface area contributed by atoms with Crippen LogP contribution in [0.3, 0.4) is 0 Å². The number of aromatic nitrogens is 2. The fraction of sp³-hybridized carbons (Fsp3) is 0.429. The van der Waals surface area contributed by atoms with Gasteiger partial charge in [-0.1, -0.05) is 24.2 Å². The summed E-state index contributed by atoms with van der Waals surface area (Å²) in [6, 6.07) is 4.28. The first-order chi connectivity index (χ1) is 9.20. The molecule has 0 aliphatic carbocycles. The first-order valence-electron chi connectivity index (χ1n) is 6.39. The molecule has 2 rings (SSSR count). The van der Waals surface area contributed by atoms with E-state index in [9.17, 15) is 0 Å². The van der Waals surface area contributed by atoms with Gasteiger partial charge >= 0.3 is 0 Å². The van der Waals surface area contributed by atoms with E-state index in [-0.39, 0.29) is 0 Å². The van der Waals surface area contributed by atoms with E-state index < -0.39 is 0 Å². The standard InChI is InChI=1S/C14H19N3O2/c1-4-15-7-12-5-10(2)14(11(3)6-12)18-8-13-16-9-19-17-13/h5-6,9,15H,4,7-8H2,1-3H3. The van der Waals surface area contributed by atoms with E-state index in [0.717, 1.165) is 30.0 Å². The van der Waals surface area contributed by atoms with Crippen LogP contribution >= 0.6 is 0 Å². The molecule has 1 N–H and O–H groups in total. The Morgan fingerprint density at radius 3 is 2.58 bits per heavy atom. The SMILES string of the molecule is CCNCc1cc(C)c(OCc2ncon2)c(C)c1. The molecular weight excluding hydrogens is 242 g/mol. The summed E-state index contributed by atoms with van der Waals surface area (Å²) in [5.74, 6) is 1.44. The lowest BCUT2D eigenvalue weighted by atomic mass is 10.1. The summed E-state index contributed by atoms with van der Waals surface area (Å²) >= 11 is 0. The minimum atomic E-state index is 0.324. The Hall–Kier alpha value is -1.88. The van der Waals surface area contributed by atoms with Gasteiger partial charge in [0.15, 0.2) is 6.61 Å². The number of benzene rings is 1. The lowest BCUT2D eigenvalue weighted by molar-refractivity contribution is 0.283. The van der Waals surface area contributed by atoms with Gasteiger partial charge in [0.25, 0.3) is 0 Å². The lowest BCUT2D eigenvalue weighted by Crippen LogP contribution is -2.12. The van der Waals surface area contributed by atoms with Crippen molar-refractivity contribution in [3.05, 3.63) is 41.0 Å². The topological polar surface area (TPSA) is 60.2 Å². The van der Waals surface area contributed by atoms with Gasteiger partial charge in [0.2, 0.25) is 12.2 Å². The number of hydrogen-bond acceptors (Lipinski definition) is 5. The molecule has 0 saturated carbocycles. The molecule has 0 bridgehead atoms. The number of aryl methyl sites for hydroxylation is 2. The Kier molecular flexibility index (Phi) is 4.52. The number of rotatable bonds is 6. The Bertz CT molecular complexity index is 500. The zero-order valence-electron chi connectivity index (χ0n) is 11.6. The van der Waals surface area contributed by atoms with Crippen LogP contribution in [0.5, 0.6) is 5.75 Å². The van der Waals surface area contributed by atoms with Crippen LogP contribution in [0.4, 0.5) is 0 Å². The normalized spacial score (nSPS) is 10.7. The highest BCUT2D eigenvalue weighted by molar-refractivity contribution is 5.43. The van der Waals surface area contributed by atoms with Gasteiger partial charge in [0.1, 0.15) is 5.75 Å². The second-order valence-corrected chi connectivity index (χ2v) is 4.48. The van der Waals surface area contributed by atoms with Crippen molar-refractivity contribution in [3.63, 3.8) is 0 Å². The smallest absolute Gasteiger partial charge is 0.213 e. The van der Waals surface area contributed by atoms with E-state index in [0.29, 0.717) is 12.4 Å². The monoisotopic (exact) mass is 261 g/mol. The molecule has 1 aromatic carbocycles. The third-order valence-electron chi connectivity index (χ3n) is 2.85. The number of hydrogen-bond donors (Lipinski definition) is 1. The molecule has 2 aromatic rings. The molecule has 0 radical (unpaired) electrons. The third kappa shape index (κ3) is 3.54. The van der Waals surface area contributed by atoms with E-state index in [2.05, 4.69) is 39.0 Å². The summed E-state index contributed by atoms with van der Waals surface area (Å²) in [5, 5.41) is 7.05. The lowest BCUT2D eigenvalue weighted by Gasteiger charge is -2.13. The van der Waals surface area contributed by atoms with E-state index >= 15 is 0 Å². The van der Waals surface area contributed by atoms with Crippen molar-refractivity contribution in [2.75, 3.05) is 6.54 Å². The molecule has 5 heteroatoms. The molecule has 5 nitrogen and oxygen atoms in total. The molecular formula is C14H19N3O2. The molecule has 0 atom stereocenters. The van der Waals surface area contributed by atoms with Gasteiger partial charge in [-0.3, -0.25) is 0 Å². The molecule has 0 fully saturated rings. The fourth-order valence-electron chi connectivity index (χ4n) is 2.03. The Balaban J connectivity index is 2.08. The third-order valence-corrected chi connectivity index (χ3v) is 2.85. The summed E-state index contributed by atoms with van der Waals surface area (Å²) in [6.07, 6.45) is 1.30. The maximum atomic E-state index is 5.77. The predicted octanol–water partition coefficient (Wildman–Crippen LogP) is 2.37. The van der Waals surface area contributed by atoms with Crippen LogP contribution in [0.2, 0.25) is 0 Å². The van der Waals surface area contributed by atoms with Crippen LogP contribution in [0.15, 0.2) is 23.0 Å². The van der Waals surface area contributed by atoms with Crippen LogP contribution in [-0.4, -0.2) is 16.7 Å². The highest BCUT2D eigenvalue weighted by atomic mass is 16.5. The van der Waals surface area contributed by atoms with Crippen LogP contribution in [0, 0.1) is 13.8 Å². The average molecular weight is 261 g/mol. The highest BCUT2D eigenvalue weighted by Crippen LogP contribution is 2.25. The Morgan fingerprint density at radius 1 is 1.26 bits per heavy atom. The molecule has 0 amide bonds. The van der Waals surface area contributed by atoms with Crippen LogP contribution in [0.1, 0.15) is 29.4 Å². The average Bonchev–Trinajstić information content (AvgIpc) is 2.88. The predicted molar refractivity (Wildman–Crippen MR) is 71.9 cm³/mol. The second kappa shape index (κ2) is 6.33. The molecule has 0 unspecified atom stereocenters. The number of nitrogens with zero attached hydrogens (tertiary/aromatic N) is 2. The second-order valence-electron chi connectivity index (χ2n) is 4.48. The minimum Gasteiger partial charge on any atom is -0.485 e. The van der Waals surface area contributed by atoms with Crippen LogP contribution in [-0.2, 0) is 13.2 Å². The Morgan fingerprint density at radius 2 is 2.00 bits per heavy atom. The number of ether oxygens (including phenoxy) is 1. The van der Waals surface area contributed by atoms with Crippen molar-refractivity contribution < 1.29 is 9.26 Å². The van der Waals surface area contributed by atoms with Gasteiger partial charge in [-0.15, -0.1) is 0 Å². The summed E-state index contributed by atoms with van der Waals surface area (Å²) in [7, 11) is 0. The summed E-state index contributed by atoms with van der Waals surface area (Å²) in [6.45, 7) is 8.37. The van der Waals surface area contributed by atoms with E-state index in [1.165, 1.54) is 12.0 Å². The van der Waals surface area contributed by atoms with Gasteiger partial charge in [-0.05, 0) is 37.1 Å². The van der Waals surface area contributed by atoms with Gasteiger partial charge < -0.3 is 14.6 Å². The van der Waals surface area contributed by atoms with E-state index in [1.807, 2.05) is 13.8 Å². The fourth-order valence-corrected chi connectivity index (χ4v) is 2.03. The van der Waals surface area contributed by atoms with E-state index in [1.54, 1.807) is 0 Å². The zero-order valence-corrected chi connectivity index (χ0v) is 11.6. The first-order valence-corrected chi connectivity index (χ1v) is 6.39. The van der Waals surface area contributed by atoms with E-state index in [4.69, 9.17) is 4.74 Å². The van der Waals surface area contributed by atoms with Crippen molar-refractivity contribution in [1.82, 2.24) is 15.5 Å². The van der Waals surface area contributed by atoms with Gasteiger partial charge in [0.05, 0.1) is 0 Å². The molecule has 0 saturated heterocycles. The maximum Gasteiger partial charge on any atom is 0.213 e. The van der Waals surface area contributed by atoms with Crippen LogP contribution in [0.25, 0.3) is 0 Å². The molecule has 19 heavy (non-hydrogen) atoms. The largest absolute Gasteiger partial charge is 0.485 e. The quantitative estimate of drug-likeness (QED) is 0.865. The summed E-state index contributed by atoms with van der Waals surface area (Å²) < 4.78 is 10.4. The van der Waals surface area contributed by atoms with Crippen molar-refractivity contribution in [3.8, 4) is 5.75 Å². The number of nitrogens with one attached hydrogen (secondary N) is 1. The molecule has 0 aliphatic rings. The van der Waals surface area contributed by atoms with Gasteiger partial charge in [-0.25, -0.2) is 0 Å².